The van der Waals surface area contributed by atoms with Crippen LogP contribution in [0.25, 0.3) is 0 Å². The summed E-state index contributed by atoms with van der Waals surface area (Å²) < 4.78 is 15.0. The minimum absolute atomic E-state index is 0.00275. The zero-order valence-electron chi connectivity index (χ0n) is 10.2. The maximum Gasteiger partial charge on any atom is 0.202 e. The van der Waals surface area contributed by atoms with E-state index in [4.69, 9.17) is 9.47 Å². The van der Waals surface area contributed by atoms with Crippen molar-refractivity contribution in [1.29, 1.82) is 0 Å². The fraction of sp³-hybridized carbons (Fsp3) is 0.800. The number of hydrogen-bond donors (Lipinski definition) is 1. The number of aromatic nitrogens is 2. The summed E-state index contributed by atoms with van der Waals surface area (Å²) in [5, 5.41) is 3.99. The van der Waals surface area contributed by atoms with Crippen LogP contribution in [0.4, 0.5) is 5.13 Å². The molecule has 96 valence electrons. The van der Waals surface area contributed by atoms with Gasteiger partial charge in [0.25, 0.3) is 0 Å². The topological polar surface area (TPSA) is 59.5 Å². The van der Waals surface area contributed by atoms with Crippen LogP contribution in [-0.2, 0) is 9.47 Å². The van der Waals surface area contributed by atoms with E-state index in [0.29, 0.717) is 6.61 Å². The molecule has 0 radical (unpaired) electrons. The van der Waals surface area contributed by atoms with Crippen molar-refractivity contribution in [3.05, 3.63) is 5.82 Å². The van der Waals surface area contributed by atoms with E-state index < -0.39 is 0 Å². The van der Waals surface area contributed by atoms with E-state index in [9.17, 15) is 0 Å². The van der Waals surface area contributed by atoms with Crippen LogP contribution in [0.5, 0.6) is 0 Å². The standard InChI is InChI=1S/C10H18N4O2S/c1-14-4-6-16-8(7-14)9-12-10(17-13-9)11-3-5-15-2/h8H,3-7H2,1-2H3,(H,11,12,13). The zero-order chi connectivity index (χ0) is 12.1. The van der Waals surface area contributed by atoms with Gasteiger partial charge in [-0.25, -0.2) is 4.98 Å². The monoisotopic (exact) mass is 258 g/mol. The summed E-state index contributed by atoms with van der Waals surface area (Å²) in [6.45, 7) is 3.98. The minimum Gasteiger partial charge on any atom is -0.383 e. The van der Waals surface area contributed by atoms with Crippen molar-refractivity contribution in [3.63, 3.8) is 0 Å². The zero-order valence-corrected chi connectivity index (χ0v) is 11.0. The smallest absolute Gasteiger partial charge is 0.202 e. The van der Waals surface area contributed by atoms with Gasteiger partial charge < -0.3 is 19.7 Å². The Balaban J connectivity index is 1.88. The Morgan fingerprint density at radius 2 is 2.53 bits per heavy atom. The highest BCUT2D eigenvalue weighted by atomic mass is 32.1. The summed E-state index contributed by atoms with van der Waals surface area (Å²) in [6, 6.07) is 0. The first-order chi connectivity index (χ1) is 8.29. The molecule has 0 amide bonds. The van der Waals surface area contributed by atoms with Gasteiger partial charge in [-0.2, -0.15) is 4.37 Å². The summed E-state index contributed by atoms with van der Waals surface area (Å²) in [7, 11) is 3.76. The maximum atomic E-state index is 5.66. The molecule has 0 aliphatic carbocycles. The Kier molecular flexibility index (Phi) is 4.66. The lowest BCUT2D eigenvalue weighted by Crippen LogP contribution is -2.35. The molecule has 1 aliphatic rings. The van der Waals surface area contributed by atoms with Crippen molar-refractivity contribution < 1.29 is 9.47 Å². The third-order valence-electron chi connectivity index (χ3n) is 2.58. The number of rotatable bonds is 5. The largest absolute Gasteiger partial charge is 0.383 e. The van der Waals surface area contributed by atoms with Crippen LogP contribution in [0.2, 0.25) is 0 Å². The number of anilines is 1. The quantitative estimate of drug-likeness (QED) is 0.781. The van der Waals surface area contributed by atoms with Gasteiger partial charge in [-0.05, 0) is 7.05 Å². The second-order valence-electron chi connectivity index (χ2n) is 4.00. The van der Waals surface area contributed by atoms with Crippen molar-refractivity contribution in [2.45, 2.75) is 6.10 Å². The summed E-state index contributed by atoms with van der Waals surface area (Å²) in [5.41, 5.74) is 0. The van der Waals surface area contributed by atoms with E-state index >= 15 is 0 Å². The summed E-state index contributed by atoms with van der Waals surface area (Å²) in [4.78, 5) is 6.66. The molecular formula is C10H18N4O2S. The Bertz CT molecular complexity index is 347. The van der Waals surface area contributed by atoms with E-state index in [1.807, 2.05) is 0 Å². The van der Waals surface area contributed by atoms with Gasteiger partial charge in [0.2, 0.25) is 5.13 Å². The third-order valence-corrected chi connectivity index (χ3v) is 3.27. The van der Waals surface area contributed by atoms with Gasteiger partial charge in [-0.15, -0.1) is 0 Å². The highest BCUT2D eigenvalue weighted by Gasteiger charge is 2.23. The van der Waals surface area contributed by atoms with Gasteiger partial charge in [-0.1, -0.05) is 0 Å². The molecule has 0 bridgehead atoms. The molecule has 1 atom stereocenters. The molecule has 1 fully saturated rings. The van der Waals surface area contributed by atoms with E-state index in [-0.39, 0.29) is 6.10 Å². The van der Waals surface area contributed by atoms with Gasteiger partial charge in [0.15, 0.2) is 5.82 Å². The van der Waals surface area contributed by atoms with Gasteiger partial charge in [-0.3, -0.25) is 0 Å². The number of morpholine rings is 1. The summed E-state index contributed by atoms with van der Waals surface area (Å²) >= 11 is 1.37. The van der Waals surface area contributed by atoms with E-state index in [2.05, 4.69) is 26.6 Å². The average Bonchev–Trinajstić information content (AvgIpc) is 2.78. The van der Waals surface area contributed by atoms with Gasteiger partial charge in [0, 0.05) is 38.3 Å². The number of methoxy groups -OCH3 is 1. The normalized spacial score (nSPS) is 21.6. The molecule has 2 heterocycles. The molecule has 2 rings (SSSR count). The molecule has 0 aromatic carbocycles. The molecule has 1 aliphatic heterocycles. The number of hydrogen-bond acceptors (Lipinski definition) is 7. The average molecular weight is 258 g/mol. The molecular weight excluding hydrogens is 240 g/mol. The second-order valence-corrected chi connectivity index (χ2v) is 4.75. The fourth-order valence-corrected chi connectivity index (χ4v) is 2.27. The Morgan fingerprint density at radius 1 is 1.65 bits per heavy atom. The molecule has 0 spiro atoms. The first kappa shape index (κ1) is 12.7. The molecule has 1 N–H and O–H groups in total. The molecule has 0 saturated carbocycles. The predicted octanol–water partition coefficient (Wildman–Crippen LogP) is 0.599. The van der Waals surface area contributed by atoms with Crippen molar-refractivity contribution in [1.82, 2.24) is 14.3 Å². The van der Waals surface area contributed by atoms with Crippen molar-refractivity contribution in [3.8, 4) is 0 Å². The predicted molar refractivity (Wildman–Crippen MR) is 66.5 cm³/mol. The molecule has 1 saturated heterocycles. The van der Waals surface area contributed by atoms with Crippen molar-refractivity contribution >= 4 is 16.7 Å². The SMILES string of the molecule is COCCNc1nc(C2CN(C)CCO2)ns1. The first-order valence-electron chi connectivity index (χ1n) is 5.66. The summed E-state index contributed by atoms with van der Waals surface area (Å²) in [5.74, 6) is 0.779. The molecule has 1 aromatic rings. The van der Waals surface area contributed by atoms with E-state index in [1.54, 1.807) is 7.11 Å². The van der Waals surface area contributed by atoms with Crippen LogP contribution < -0.4 is 5.32 Å². The van der Waals surface area contributed by atoms with Gasteiger partial charge in [0.05, 0.1) is 13.2 Å². The second kappa shape index (κ2) is 6.25. The Hall–Kier alpha value is -0.760. The van der Waals surface area contributed by atoms with Crippen molar-refractivity contribution in [2.75, 3.05) is 52.3 Å². The maximum absolute atomic E-state index is 5.66. The number of nitrogens with one attached hydrogen (secondary N) is 1. The highest BCUT2D eigenvalue weighted by Crippen LogP contribution is 2.22. The van der Waals surface area contributed by atoms with E-state index in [1.165, 1.54) is 11.5 Å². The molecule has 6 nitrogen and oxygen atoms in total. The summed E-state index contributed by atoms with van der Waals surface area (Å²) in [6.07, 6.45) is 0.00275. The van der Waals surface area contributed by atoms with Crippen LogP contribution in [0.3, 0.4) is 0 Å². The van der Waals surface area contributed by atoms with Crippen LogP contribution >= 0.6 is 11.5 Å². The number of nitrogens with zero attached hydrogens (tertiary/aromatic N) is 3. The van der Waals surface area contributed by atoms with Gasteiger partial charge >= 0.3 is 0 Å². The lowest BCUT2D eigenvalue weighted by Gasteiger charge is -2.28. The Morgan fingerprint density at radius 3 is 3.29 bits per heavy atom. The lowest BCUT2D eigenvalue weighted by molar-refractivity contribution is -0.0248. The first-order valence-corrected chi connectivity index (χ1v) is 6.43. The van der Waals surface area contributed by atoms with Crippen LogP contribution in [0.15, 0.2) is 0 Å². The van der Waals surface area contributed by atoms with Gasteiger partial charge in [0.1, 0.15) is 6.10 Å². The molecule has 1 unspecified atom stereocenters. The Labute approximate surface area is 105 Å². The minimum atomic E-state index is 0.00275. The molecule has 7 heteroatoms. The van der Waals surface area contributed by atoms with Crippen molar-refractivity contribution in [2.24, 2.45) is 0 Å². The van der Waals surface area contributed by atoms with E-state index in [0.717, 1.165) is 37.2 Å². The number of likely N-dealkylation sites (N-methyl/N-ethyl adjacent to an activating group) is 1. The number of ether oxygens (including phenoxy) is 2. The highest BCUT2D eigenvalue weighted by molar-refractivity contribution is 7.09. The van der Waals surface area contributed by atoms with Crippen LogP contribution in [0.1, 0.15) is 11.9 Å². The third kappa shape index (κ3) is 3.60. The molecule has 1 aromatic heterocycles. The lowest BCUT2D eigenvalue weighted by atomic mass is 10.3. The van der Waals surface area contributed by atoms with Crippen LogP contribution in [0, 0.1) is 0 Å². The fourth-order valence-electron chi connectivity index (χ4n) is 1.63. The molecule has 17 heavy (non-hydrogen) atoms. The van der Waals surface area contributed by atoms with Crippen LogP contribution in [-0.4, -0.2) is 61.3 Å².